The van der Waals surface area contributed by atoms with Crippen LogP contribution in [0.5, 0.6) is 0 Å². The van der Waals surface area contributed by atoms with Gasteiger partial charge in [0.1, 0.15) is 0 Å². The van der Waals surface area contributed by atoms with Gasteiger partial charge in [-0.3, -0.25) is 14.3 Å². The Labute approximate surface area is 91.5 Å². The van der Waals surface area contributed by atoms with E-state index < -0.39 is 15.0 Å². The average molecular weight is 250 g/mol. The molecule has 1 aromatic rings. The molecule has 8 nitrogen and oxygen atoms in total. The normalized spacial score (nSPS) is 11.6. The summed E-state index contributed by atoms with van der Waals surface area (Å²) in [5.74, 6) is 0.00569. The SMILES string of the molecule is Cc1noc(CCOS(C)(=O)=O)c1[N+](=O)[O-]. The Hall–Kier alpha value is -1.48. The van der Waals surface area contributed by atoms with E-state index in [-0.39, 0.29) is 30.2 Å². The predicted molar refractivity (Wildman–Crippen MR) is 52.4 cm³/mol. The van der Waals surface area contributed by atoms with Crippen molar-refractivity contribution in [3.63, 3.8) is 0 Å². The Morgan fingerprint density at radius 2 is 2.19 bits per heavy atom. The number of hydrogen-bond acceptors (Lipinski definition) is 7. The predicted octanol–water partition coefficient (Wildman–Crippen LogP) is 0.410. The van der Waals surface area contributed by atoms with Gasteiger partial charge in [-0.05, 0) is 6.92 Å². The molecule has 0 atom stereocenters. The molecule has 0 N–H and O–H groups in total. The van der Waals surface area contributed by atoms with Crippen LogP contribution in [0, 0.1) is 17.0 Å². The molecule has 0 unspecified atom stereocenters. The van der Waals surface area contributed by atoms with E-state index in [0.717, 1.165) is 6.26 Å². The summed E-state index contributed by atoms with van der Waals surface area (Å²) >= 11 is 0. The van der Waals surface area contributed by atoms with Crippen molar-refractivity contribution >= 4 is 15.8 Å². The van der Waals surface area contributed by atoms with Crippen LogP contribution in [0.15, 0.2) is 4.52 Å². The monoisotopic (exact) mass is 250 g/mol. The Morgan fingerprint density at radius 1 is 1.56 bits per heavy atom. The molecule has 0 amide bonds. The lowest BCUT2D eigenvalue weighted by atomic mass is 10.2. The first-order chi connectivity index (χ1) is 7.31. The second kappa shape index (κ2) is 4.58. The highest BCUT2D eigenvalue weighted by Gasteiger charge is 2.23. The summed E-state index contributed by atoms with van der Waals surface area (Å²) in [4.78, 5) is 9.99. The molecule has 1 aromatic heterocycles. The van der Waals surface area contributed by atoms with Crippen LogP contribution in [0.1, 0.15) is 11.5 Å². The van der Waals surface area contributed by atoms with E-state index in [2.05, 4.69) is 9.34 Å². The molecule has 16 heavy (non-hydrogen) atoms. The molecule has 0 bridgehead atoms. The van der Waals surface area contributed by atoms with E-state index in [1.165, 1.54) is 6.92 Å². The zero-order chi connectivity index (χ0) is 12.3. The topological polar surface area (TPSA) is 113 Å². The summed E-state index contributed by atoms with van der Waals surface area (Å²) in [7, 11) is -3.55. The number of aromatic nitrogens is 1. The molecule has 0 aliphatic carbocycles. The minimum atomic E-state index is -3.55. The molecule has 0 fully saturated rings. The maximum absolute atomic E-state index is 10.6. The van der Waals surface area contributed by atoms with E-state index >= 15 is 0 Å². The highest BCUT2D eigenvalue weighted by Crippen LogP contribution is 2.22. The molecule has 9 heteroatoms. The zero-order valence-corrected chi connectivity index (χ0v) is 9.48. The quantitative estimate of drug-likeness (QED) is 0.422. The van der Waals surface area contributed by atoms with Gasteiger partial charge in [-0.15, -0.1) is 0 Å². The zero-order valence-electron chi connectivity index (χ0n) is 8.67. The maximum atomic E-state index is 10.6. The largest absolute Gasteiger partial charge is 0.353 e. The second-order valence-electron chi connectivity index (χ2n) is 3.07. The second-order valence-corrected chi connectivity index (χ2v) is 4.72. The van der Waals surface area contributed by atoms with Crippen molar-refractivity contribution in [3.05, 3.63) is 21.6 Å². The fraction of sp³-hybridized carbons (Fsp3) is 0.571. The summed E-state index contributed by atoms with van der Waals surface area (Å²) < 4.78 is 30.4. The standard InChI is InChI=1S/C7H10N2O6S/c1-5-7(9(10)11)6(15-8-5)3-4-14-16(2,12)13/h3-4H2,1-2H3. The van der Waals surface area contributed by atoms with Crippen molar-refractivity contribution in [1.29, 1.82) is 0 Å². The van der Waals surface area contributed by atoms with Crippen LogP contribution in [0.2, 0.25) is 0 Å². The smallest absolute Gasteiger partial charge is 0.334 e. The summed E-state index contributed by atoms with van der Waals surface area (Å²) in [6, 6.07) is 0. The number of aryl methyl sites for hydroxylation is 1. The van der Waals surface area contributed by atoms with E-state index in [0.29, 0.717) is 0 Å². The van der Waals surface area contributed by atoms with Crippen molar-refractivity contribution in [3.8, 4) is 0 Å². The number of hydrogen-bond donors (Lipinski definition) is 0. The van der Waals surface area contributed by atoms with Gasteiger partial charge in [-0.1, -0.05) is 5.16 Å². The molecular formula is C7H10N2O6S. The van der Waals surface area contributed by atoms with Crippen molar-refractivity contribution < 1.29 is 22.0 Å². The van der Waals surface area contributed by atoms with Gasteiger partial charge in [0.25, 0.3) is 10.1 Å². The first kappa shape index (κ1) is 12.6. The number of nitro groups is 1. The van der Waals surface area contributed by atoms with Crippen LogP contribution < -0.4 is 0 Å². The summed E-state index contributed by atoms with van der Waals surface area (Å²) in [5.41, 5.74) is -0.0866. The molecule has 0 saturated carbocycles. The minimum Gasteiger partial charge on any atom is -0.353 e. The van der Waals surface area contributed by atoms with Crippen molar-refractivity contribution in [2.45, 2.75) is 13.3 Å². The van der Waals surface area contributed by atoms with Crippen LogP contribution in [0.25, 0.3) is 0 Å². The lowest BCUT2D eigenvalue weighted by Crippen LogP contribution is -2.06. The van der Waals surface area contributed by atoms with Gasteiger partial charge in [0.2, 0.25) is 5.76 Å². The highest BCUT2D eigenvalue weighted by atomic mass is 32.2. The van der Waals surface area contributed by atoms with Gasteiger partial charge in [-0.25, -0.2) is 0 Å². The van der Waals surface area contributed by atoms with E-state index in [1.54, 1.807) is 0 Å². The fourth-order valence-electron chi connectivity index (χ4n) is 1.10. The molecule has 0 radical (unpaired) electrons. The third-order valence-corrected chi connectivity index (χ3v) is 2.30. The molecule has 0 saturated heterocycles. The lowest BCUT2D eigenvalue weighted by molar-refractivity contribution is -0.386. The van der Waals surface area contributed by atoms with E-state index in [9.17, 15) is 18.5 Å². The van der Waals surface area contributed by atoms with Gasteiger partial charge in [0.15, 0.2) is 5.69 Å². The lowest BCUT2D eigenvalue weighted by Gasteiger charge is -1.97. The molecular weight excluding hydrogens is 240 g/mol. The van der Waals surface area contributed by atoms with Crippen LogP contribution in [0.4, 0.5) is 5.69 Å². The summed E-state index contributed by atoms with van der Waals surface area (Å²) in [6.45, 7) is 1.22. The van der Waals surface area contributed by atoms with Crippen molar-refractivity contribution in [2.75, 3.05) is 12.9 Å². The third kappa shape index (κ3) is 3.28. The Kier molecular flexibility index (Phi) is 3.60. The van der Waals surface area contributed by atoms with Crippen LogP contribution in [0.3, 0.4) is 0 Å². The van der Waals surface area contributed by atoms with Gasteiger partial charge in [0.05, 0.1) is 17.8 Å². The summed E-state index contributed by atoms with van der Waals surface area (Å²) in [5, 5.41) is 14.0. The molecule has 0 aromatic carbocycles. The van der Waals surface area contributed by atoms with E-state index in [1.807, 2.05) is 0 Å². The Bertz CT molecular complexity index is 491. The highest BCUT2D eigenvalue weighted by molar-refractivity contribution is 7.85. The van der Waals surface area contributed by atoms with Crippen LogP contribution in [-0.2, 0) is 20.7 Å². The maximum Gasteiger partial charge on any atom is 0.334 e. The average Bonchev–Trinajstić information content (AvgIpc) is 2.44. The minimum absolute atomic E-state index is 0.00569. The number of nitrogens with zero attached hydrogens (tertiary/aromatic N) is 2. The molecule has 1 rings (SSSR count). The first-order valence-electron chi connectivity index (χ1n) is 4.25. The fourth-order valence-corrected chi connectivity index (χ4v) is 1.48. The van der Waals surface area contributed by atoms with Gasteiger partial charge in [0, 0.05) is 6.42 Å². The van der Waals surface area contributed by atoms with Crippen LogP contribution in [-0.4, -0.2) is 31.4 Å². The van der Waals surface area contributed by atoms with Crippen molar-refractivity contribution in [1.82, 2.24) is 5.16 Å². The first-order valence-corrected chi connectivity index (χ1v) is 6.07. The third-order valence-electron chi connectivity index (χ3n) is 1.71. The Balaban J connectivity index is 2.72. The molecule has 90 valence electrons. The Morgan fingerprint density at radius 3 is 2.69 bits per heavy atom. The van der Waals surface area contributed by atoms with Gasteiger partial charge < -0.3 is 4.52 Å². The molecule has 0 aliphatic heterocycles. The van der Waals surface area contributed by atoms with Gasteiger partial charge >= 0.3 is 5.69 Å². The summed E-state index contributed by atoms with van der Waals surface area (Å²) in [6.07, 6.45) is 0.872. The van der Waals surface area contributed by atoms with Crippen LogP contribution >= 0.6 is 0 Å². The molecule has 0 aliphatic rings. The van der Waals surface area contributed by atoms with Gasteiger partial charge in [-0.2, -0.15) is 8.42 Å². The molecule has 0 spiro atoms. The van der Waals surface area contributed by atoms with E-state index in [4.69, 9.17) is 4.52 Å². The van der Waals surface area contributed by atoms with Crippen molar-refractivity contribution in [2.24, 2.45) is 0 Å². The number of rotatable bonds is 5. The molecule has 1 heterocycles.